The van der Waals surface area contributed by atoms with Crippen LogP contribution in [-0.2, 0) is 6.54 Å². The first-order valence-electron chi connectivity index (χ1n) is 10.9. The number of nitrogens with zero attached hydrogens (tertiary/aromatic N) is 5. The van der Waals surface area contributed by atoms with Gasteiger partial charge in [-0.15, -0.1) is 21.5 Å². The van der Waals surface area contributed by atoms with Gasteiger partial charge in [-0.1, -0.05) is 18.2 Å². The summed E-state index contributed by atoms with van der Waals surface area (Å²) in [7, 11) is 0. The van der Waals surface area contributed by atoms with Crippen LogP contribution in [0.4, 0.5) is 11.6 Å². The smallest absolute Gasteiger partial charge is 0.253 e. The maximum absolute atomic E-state index is 12.4. The molecule has 1 aromatic carbocycles. The Morgan fingerprint density at radius 1 is 1.15 bits per heavy atom. The average Bonchev–Trinajstić information content (AvgIpc) is 3.27. The van der Waals surface area contributed by atoms with Crippen LogP contribution in [0.2, 0.25) is 0 Å². The van der Waals surface area contributed by atoms with Crippen LogP contribution in [-0.4, -0.2) is 36.8 Å². The van der Waals surface area contributed by atoms with Crippen molar-refractivity contribution in [3.63, 3.8) is 0 Å². The maximum Gasteiger partial charge on any atom is 0.253 e. The Bertz CT molecular complexity index is 1450. The molecule has 0 fully saturated rings. The Hall–Kier alpha value is -3.76. The molecule has 0 bridgehead atoms. The van der Waals surface area contributed by atoms with E-state index < -0.39 is 6.23 Å². The highest BCUT2D eigenvalue weighted by Gasteiger charge is 2.30. The van der Waals surface area contributed by atoms with Crippen LogP contribution >= 0.6 is 11.3 Å². The Balaban J connectivity index is 1.71. The fourth-order valence-corrected chi connectivity index (χ4v) is 5.23. The normalized spacial score (nSPS) is 13.7. The van der Waals surface area contributed by atoms with Gasteiger partial charge in [0.2, 0.25) is 0 Å². The minimum atomic E-state index is -0.652. The predicted molar refractivity (Wildman–Crippen MR) is 134 cm³/mol. The summed E-state index contributed by atoms with van der Waals surface area (Å²) in [4.78, 5) is 16.4. The van der Waals surface area contributed by atoms with E-state index in [0.717, 1.165) is 38.9 Å². The first-order chi connectivity index (χ1) is 16.3. The number of hydrazone groups is 1. The van der Waals surface area contributed by atoms with Crippen LogP contribution < -0.4 is 15.9 Å². The number of hydrogen-bond donors (Lipinski definition) is 3. The molecule has 3 N–H and O–H groups in total. The molecule has 1 aliphatic rings. The lowest BCUT2D eigenvalue weighted by Gasteiger charge is -2.17. The number of nitrogens with one attached hydrogen (secondary N) is 2. The minimum Gasteiger partial charge on any atom is -0.374 e. The lowest BCUT2D eigenvalue weighted by molar-refractivity contribution is 0.224. The van der Waals surface area contributed by atoms with E-state index in [1.54, 1.807) is 41.6 Å². The molecule has 34 heavy (non-hydrogen) atoms. The second-order valence-corrected chi connectivity index (χ2v) is 9.48. The number of aromatic nitrogens is 4. The fourth-order valence-electron chi connectivity index (χ4n) is 4.03. The zero-order valence-corrected chi connectivity index (χ0v) is 20.1. The molecule has 1 aliphatic heterocycles. The molecule has 0 spiro atoms. The highest BCUT2D eigenvalue weighted by atomic mass is 32.1. The van der Waals surface area contributed by atoms with Gasteiger partial charge in [-0.05, 0) is 51.5 Å². The SMILES string of the molecule is Cc1sc2c(c1C)C(c1ccc(NC(C)O)cc1)=NN(Cc1ccc[nH]c1=O)c1nnc(C)n1-2. The van der Waals surface area contributed by atoms with Crippen molar-refractivity contribution in [1.29, 1.82) is 0 Å². The van der Waals surface area contributed by atoms with Gasteiger partial charge in [0.25, 0.3) is 11.5 Å². The molecule has 1 unspecified atom stereocenters. The molecule has 0 radical (unpaired) electrons. The number of anilines is 2. The first kappa shape index (κ1) is 22.1. The first-order valence-corrected chi connectivity index (χ1v) is 11.8. The van der Waals surface area contributed by atoms with Gasteiger partial charge in [-0.3, -0.25) is 9.36 Å². The van der Waals surface area contributed by atoms with E-state index in [1.165, 1.54) is 4.88 Å². The molecule has 1 atom stereocenters. The number of aliphatic hydroxyl groups is 1. The van der Waals surface area contributed by atoms with E-state index in [1.807, 2.05) is 35.8 Å². The third-order valence-electron chi connectivity index (χ3n) is 5.82. The number of hydrogen-bond acceptors (Lipinski definition) is 8. The average molecular weight is 476 g/mol. The summed E-state index contributed by atoms with van der Waals surface area (Å²) in [6, 6.07) is 11.4. The lowest BCUT2D eigenvalue weighted by atomic mass is 10.00. The molecule has 10 heteroatoms. The molecule has 0 aliphatic carbocycles. The van der Waals surface area contributed by atoms with E-state index >= 15 is 0 Å². The summed E-state index contributed by atoms with van der Waals surface area (Å²) in [5, 5.41) is 29.2. The van der Waals surface area contributed by atoms with Crippen LogP contribution in [0.25, 0.3) is 5.00 Å². The zero-order chi connectivity index (χ0) is 24.0. The lowest BCUT2D eigenvalue weighted by Crippen LogP contribution is -2.25. The van der Waals surface area contributed by atoms with Gasteiger partial charge in [0, 0.05) is 33.5 Å². The third-order valence-corrected chi connectivity index (χ3v) is 7.01. The highest BCUT2D eigenvalue weighted by Crippen LogP contribution is 2.38. The number of rotatable bonds is 5. The second kappa shape index (κ2) is 8.54. The molecular weight excluding hydrogens is 450 g/mol. The van der Waals surface area contributed by atoms with E-state index in [9.17, 15) is 9.90 Å². The number of H-pyrrole nitrogens is 1. The van der Waals surface area contributed by atoms with Gasteiger partial charge in [-0.2, -0.15) is 5.10 Å². The monoisotopic (exact) mass is 475 g/mol. The van der Waals surface area contributed by atoms with Gasteiger partial charge in [0.05, 0.1) is 6.54 Å². The largest absolute Gasteiger partial charge is 0.374 e. The van der Waals surface area contributed by atoms with E-state index in [4.69, 9.17) is 5.10 Å². The number of aromatic amines is 1. The summed E-state index contributed by atoms with van der Waals surface area (Å²) >= 11 is 1.68. The van der Waals surface area contributed by atoms with Crippen molar-refractivity contribution in [2.24, 2.45) is 5.10 Å². The Labute approximate surface area is 200 Å². The third kappa shape index (κ3) is 3.80. The van der Waals surface area contributed by atoms with Crippen LogP contribution in [0.1, 0.15) is 39.9 Å². The molecule has 4 heterocycles. The number of aliphatic hydroxyl groups excluding tert-OH is 1. The molecule has 3 aromatic heterocycles. The van der Waals surface area contributed by atoms with Crippen LogP contribution in [0.15, 0.2) is 52.5 Å². The van der Waals surface area contributed by atoms with Gasteiger partial charge in [0.15, 0.2) is 0 Å². The predicted octanol–water partition coefficient (Wildman–Crippen LogP) is 3.47. The van der Waals surface area contributed by atoms with E-state index in [2.05, 4.69) is 34.3 Å². The van der Waals surface area contributed by atoms with Crippen molar-refractivity contribution in [2.75, 3.05) is 10.3 Å². The van der Waals surface area contributed by atoms with E-state index in [-0.39, 0.29) is 12.1 Å². The fraction of sp³-hybridized carbons (Fsp3) is 0.250. The molecule has 0 saturated heterocycles. The van der Waals surface area contributed by atoms with Crippen molar-refractivity contribution in [2.45, 2.75) is 40.5 Å². The Kier molecular flexibility index (Phi) is 5.54. The molecule has 0 saturated carbocycles. The molecule has 9 nitrogen and oxygen atoms in total. The van der Waals surface area contributed by atoms with Gasteiger partial charge in [0.1, 0.15) is 22.8 Å². The summed E-state index contributed by atoms with van der Waals surface area (Å²) < 4.78 is 2.01. The van der Waals surface area contributed by atoms with Gasteiger partial charge in [-0.25, -0.2) is 5.01 Å². The molecule has 0 amide bonds. The summed E-state index contributed by atoms with van der Waals surface area (Å²) in [6.45, 7) is 8.03. The van der Waals surface area contributed by atoms with Crippen molar-refractivity contribution in [3.8, 4) is 5.00 Å². The van der Waals surface area contributed by atoms with Crippen LogP contribution in [0.5, 0.6) is 0 Å². The molecule has 174 valence electrons. The second-order valence-electron chi connectivity index (χ2n) is 8.27. The summed E-state index contributed by atoms with van der Waals surface area (Å²) in [5.41, 5.74) is 5.09. The van der Waals surface area contributed by atoms with Gasteiger partial charge >= 0.3 is 0 Å². The van der Waals surface area contributed by atoms with Gasteiger partial charge < -0.3 is 15.4 Å². The maximum atomic E-state index is 12.4. The van der Waals surface area contributed by atoms with Crippen LogP contribution in [0, 0.1) is 20.8 Å². The zero-order valence-electron chi connectivity index (χ0n) is 19.3. The van der Waals surface area contributed by atoms with Crippen molar-refractivity contribution < 1.29 is 5.11 Å². The number of fused-ring (bicyclic) bond motifs is 3. The van der Waals surface area contributed by atoms with E-state index in [0.29, 0.717) is 11.5 Å². The molecule has 4 aromatic rings. The highest BCUT2D eigenvalue weighted by molar-refractivity contribution is 7.15. The standard InChI is InChI=1S/C24H25N7O2S/c1-13-14(2)34-23-20(13)21(17-7-9-19(10-8-17)26-16(4)32)29-30(24-28-27-15(3)31(23)24)12-18-6-5-11-25-22(18)33/h5-11,16,26,32H,12H2,1-4H3,(H,25,33). The molecular formula is C24H25N7O2S. The van der Waals surface area contributed by atoms with Crippen molar-refractivity contribution in [3.05, 3.63) is 85.9 Å². The summed E-state index contributed by atoms with van der Waals surface area (Å²) in [5.74, 6) is 1.31. The topological polar surface area (TPSA) is 111 Å². The number of pyridine rings is 1. The quantitative estimate of drug-likeness (QED) is 0.381. The van der Waals surface area contributed by atoms with Crippen molar-refractivity contribution >= 4 is 28.7 Å². The number of aryl methyl sites for hydroxylation is 2. The Morgan fingerprint density at radius 2 is 1.91 bits per heavy atom. The minimum absolute atomic E-state index is 0.165. The van der Waals surface area contributed by atoms with Crippen LogP contribution in [0.3, 0.4) is 0 Å². The van der Waals surface area contributed by atoms with Crippen molar-refractivity contribution in [1.82, 2.24) is 19.7 Å². The Morgan fingerprint density at radius 3 is 2.62 bits per heavy atom. The number of benzene rings is 1. The number of thiophene rings is 1. The molecule has 5 rings (SSSR count). The summed E-state index contributed by atoms with van der Waals surface area (Å²) in [6.07, 6.45) is 0.962.